The number of hydrogen-bond donors (Lipinski definition) is 2. The second kappa shape index (κ2) is 6.68. The first kappa shape index (κ1) is 17.8. The lowest BCUT2D eigenvalue weighted by molar-refractivity contribution is -0.0644. The number of aromatic nitrogens is 4. The van der Waals surface area contributed by atoms with Crippen LogP contribution in [0, 0.1) is 6.92 Å². The van der Waals surface area contributed by atoms with Gasteiger partial charge in [-0.15, -0.1) is 0 Å². The van der Waals surface area contributed by atoms with Gasteiger partial charge in [0.15, 0.2) is 6.23 Å². The predicted octanol–water partition coefficient (Wildman–Crippen LogP) is 3.08. The number of imidazole rings is 1. The van der Waals surface area contributed by atoms with Gasteiger partial charge in [-0.1, -0.05) is 23.4 Å². The van der Waals surface area contributed by atoms with E-state index in [1.807, 2.05) is 60.8 Å². The molecule has 1 aliphatic heterocycles. The number of aliphatic hydroxyl groups excluding tert-OH is 1. The molecule has 8 nitrogen and oxygen atoms in total. The van der Waals surface area contributed by atoms with Gasteiger partial charge in [0.1, 0.15) is 5.65 Å². The number of fused-ring (bicyclic) bond motifs is 1. The van der Waals surface area contributed by atoms with E-state index in [0.29, 0.717) is 30.6 Å². The lowest BCUT2D eigenvalue weighted by atomic mass is 9.89. The van der Waals surface area contributed by atoms with Gasteiger partial charge < -0.3 is 19.7 Å². The molecule has 1 fully saturated rings. The van der Waals surface area contributed by atoms with Gasteiger partial charge in [0.05, 0.1) is 30.5 Å². The normalized spacial score (nSPS) is 16.5. The fourth-order valence-corrected chi connectivity index (χ4v) is 3.41. The van der Waals surface area contributed by atoms with E-state index in [9.17, 15) is 5.11 Å². The molecular weight excluding hydrogens is 370 g/mol. The molecule has 0 amide bonds. The first-order valence-electron chi connectivity index (χ1n) is 9.43. The highest BCUT2D eigenvalue weighted by atomic mass is 16.5. The van der Waals surface area contributed by atoms with Crippen molar-refractivity contribution in [2.24, 2.45) is 0 Å². The Bertz CT molecular complexity index is 1180. The van der Waals surface area contributed by atoms with Gasteiger partial charge in [0.2, 0.25) is 11.7 Å². The van der Waals surface area contributed by atoms with Crippen LogP contribution in [0.2, 0.25) is 0 Å². The molecule has 0 saturated carbocycles. The Kier molecular flexibility index (Phi) is 4.11. The zero-order valence-corrected chi connectivity index (χ0v) is 16.2. The molecule has 1 aliphatic rings. The van der Waals surface area contributed by atoms with E-state index < -0.39 is 6.23 Å². The predicted molar refractivity (Wildman–Crippen MR) is 106 cm³/mol. The van der Waals surface area contributed by atoms with Gasteiger partial charge in [-0.2, -0.15) is 4.98 Å². The Morgan fingerprint density at radius 1 is 1.24 bits per heavy atom. The quantitative estimate of drug-likeness (QED) is 0.505. The number of aryl methyl sites for hydroxylation is 1. The average molecular weight is 391 g/mol. The summed E-state index contributed by atoms with van der Waals surface area (Å²) in [5, 5.41) is 18.1. The Hall–Kier alpha value is -3.23. The smallest absolute Gasteiger partial charge is 0.237 e. The van der Waals surface area contributed by atoms with E-state index in [-0.39, 0.29) is 5.41 Å². The molecule has 1 unspecified atom stereocenters. The minimum atomic E-state index is -0.923. The van der Waals surface area contributed by atoms with Crippen LogP contribution in [0.5, 0.6) is 0 Å². The van der Waals surface area contributed by atoms with Crippen molar-refractivity contribution in [3.05, 3.63) is 65.9 Å². The third-order valence-corrected chi connectivity index (χ3v) is 5.30. The molecule has 0 bridgehead atoms. The van der Waals surface area contributed by atoms with Crippen molar-refractivity contribution in [3.63, 3.8) is 0 Å². The highest BCUT2D eigenvalue weighted by Gasteiger charge is 2.40. The van der Waals surface area contributed by atoms with E-state index in [4.69, 9.17) is 9.26 Å². The summed E-state index contributed by atoms with van der Waals surface area (Å²) in [6.07, 6.45) is 2.62. The lowest BCUT2D eigenvalue weighted by Gasteiger charge is -2.33. The van der Waals surface area contributed by atoms with Crippen LogP contribution in [0.3, 0.4) is 0 Å². The van der Waals surface area contributed by atoms with Crippen molar-refractivity contribution < 1.29 is 14.4 Å². The summed E-state index contributed by atoms with van der Waals surface area (Å²) in [5.41, 5.74) is 3.81. The molecule has 0 radical (unpaired) electrons. The standard InChI is InChI=1S/C21H21N5O3/c1-13-6-7-14(18-24-20(29-25-18)21(2)11-28-12-21)9-15(13)23-19(27)16-10-22-17-5-3-4-8-26(16)17/h3-10,19,23,27H,11-12H2,1-2H3. The molecule has 3 aromatic heterocycles. The van der Waals surface area contributed by atoms with Gasteiger partial charge in [-0.3, -0.25) is 4.40 Å². The summed E-state index contributed by atoms with van der Waals surface area (Å²) in [5.74, 6) is 1.10. The SMILES string of the molecule is Cc1ccc(-c2noc(C3(C)COC3)n2)cc1NC(O)c1cnc2ccccn12. The number of nitrogens with one attached hydrogen (secondary N) is 1. The van der Waals surface area contributed by atoms with Crippen LogP contribution in [0.15, 0.2) is 53.3 Å². The zero-order valence-electron chi connectivity index (χ0n) is 16.2. The molecule has 1 atom stereocenters. The maximum atomic E-state index is 10.8. The van der Waals surface area contributed by atoms with E-state index in [0.717, 1.165) is 22.5 Å². The zero-order chi connectivity index (χ0) is 20.0. The highest BCUT2D eigenvalue weighted by Crippen LogP contribution is 2.32. The number of aliphatic hydroxyl groups is 1. The van der Waals surface area contributed by atoms with Crippen LogP contribution in [-0.4, -0.2) is 37.8 Å². The molecule has 0 aliphatic carbocycles. The van der Waals surface area contributed by atoms with E-state index in [1.165, 1.54) is 0 Å². The van der Waals surface area contributed by atoms with Gasteiger partial charge in [0, 0.05) is 17.4 Å². The number of benzene rings is 1. The maximum absolute atomic E-state index is 10.8. The molecule has 4 aromatic rings. The second-order valence-electron chi connectivity index (χ2n) is 7.67. The van der Waals surface area contributed by atoms with Gasteiger partial charge in [-0.05, 0) is 37.6 Å². The van der Waals surface area contributed by atoms with Crippen LogP contribution >= 0.6 is 0 Å². The Morgan fingerprint density at radius 3 is 2.90 bits per heavy atom. The molecule has 148 valence electrons. The molecule has 2 N–H and O–H groups in total. The van der Waals surface area contributed by atoms with Crippen LogP contribution in [0.4, 0.5) is 5.69 Å². The van der Waals surface area contributed by atoms with Crippen LogP contribution in [0.1, 0.15) is 30.3 Å². The lowest BCUT2D eigenvalue weighted by Crippen LogP contribution is -2.44. The third-order valence-electron chi connectivity index (χ3n) is 5.30. The molecule has 4 heterocycles. The molecule has 8 heteroatoms. The van der Waals surface area contributed by atoms with Crippen LogP contribution < -0.4 is 5.32 Å². The van der Waals surface area contributed by atoms with Crippen molar-refractivity contribution in [3.8, 4) is 11.4 Å². The molecular formula is C21H21N5O3. The van der Waals surface area contributed by atoms with Crippen molar-refractivity contribution >= 4 is 11.3 Å². The second-order valence-corrected chi connectivity index (χ2v) is 7.67. The van der Waals surface area contributed by atoms with Gasteiger partial charge in [0.25, 0.3) is 0 Å². The minimum absolute atomic E-state index is 0.212. The summed E-state index contributed by atoms with van der Waals surface area (Å²) in [7, 11) is 0. The molecule has 1 aromatic carbocycles. The number of rotatable bonds is 5. The van der Waals surface area contributed by atoms with Gasteiger partial charge >= 0.3 is 0 Å². The summed E-state index contributed by atoms with van der Waals surface area (Å²) in [6, 6.07) is 11.5. The highest BCUT2D eigenvalue weighted by molar-refractivity contribution is 5.65. The van der Waals surface area contributed by atoms with Gasteiger partial charge in [-0.25, -0.2) is 4.98 Å². The first-order valence-corrected chi connectivity index (χ1v) is 9.43. The topological polar surface area (TPSA) is 97.7 Å². The number of pyridine rings is 1. The van der Waals surface area contributed by atoms with E-state index in [1.54, 1.807) is 6.20 Å². The molecule has 29 heavy (non-hydrogen) atoms. The number of hydrogen-bond acceptors (Lipinski definition) is 7. The maximum Gasteiger partial charge on any atom is 0.237 e. The Labute approximate surface area is 167 Å². The van der Waals surface area contributed by atoms with E-state index in [2.05, 4.69) is 20.4 Å². The van der Waals surface area contributed by atoms with Crippen molar-refractivity contribution in [2.75, 3.05) is 18.5 Å². The minimum Gasteiger partial charge on any atom is -0.379 e. The Morgan fingerprint density at radius 2 is 2.10 bits per heavy atom. The number of nitrogens with zero attached hydrogens (tertiary/aromatic N) is 4. The largest absolute Gasteiger partial charge is 0.379 e. The average Bonchev–Trinajstić information content (AvgIpc) is 3.35. The summed E-state index contributed by atoms with van der Waals surface area (Å²) in [6.45, 7) is 5.19. The van der Waals surface area contributed by atoms with Crippen LogP contribution in [-0.2, 0) is 10.2 Å². The molecule has 5 rings (SSSR count). The summed E-state index contributed by atoms with van der Waals surface area (Å²) >= 11 is 0. The molecule has 0 spiro atoms. The fraction of sp³-hybridized carbons (Fsp3) is 0.286. The third kappa shape index (κ3) is 3.06. The number of anilines is 1. The summed E-state index contributed by atoms with van der Waals surface area (Å²) < 4.78 is 12.6. The fourth-order valence-electron chi connectivity index (χ4n) is 3.41. The number of ether oxygens (including phenoxy) is 1. The summed E-state index contributed by atoms with van der Waals surface area (Å²) in [4.78, 5) is 8.88. The Balaban J connectivity index is 1.42. The van der Waals surface area contributed by atoms with Crippen molar-refractivity contribution in [2.45, 2.75) is 25.5 Å². The first-order chi connectivity index (χ1) is 14.0. The van der Waals surface area contributed by atoms with Crippen molar-refractivity contribution in [1.29, 1.82) is 0 Å². The van der Waals surface area contributed by atoms with Crippen molar-refractivity contribution in [1.82, 2.24) is 19.5 Å². The van der Waals surface area contributed by atoms with E-state index >= 15 is 0 Å². The monoisotopic (exact) mass is 391 g/mol. The van der Waals surface area contributed by atoms with Crippen LogP contribution in [0.25, 0.3) is 17.0 Å². The molecule has 1 saturated heterocycles.